The highest BCUT2D eigenvalue weighted by molar-refractivity contribution is 5.80. The molecule has 0 N–H and O–H groups in total. The van der Waals surface area contributed by atoms with Crippen LogP contribution < -0.4 is 0 Å². The number of carbonyl (C=O) groups excluding carboxylic acids is 1. The molecule has 0 radical (unpaired) electrons. The van der Waals surface area contributed by atoms with E-state index in [4.69, 9.17) is 9.47 Å². The molecule has 1 heterocycles. The van der Waals surface area contributed by atoms with Crippen molar-refractivity contribution in [2.24, 2.45) is 5.41 Å². The minimum absolute atomic E-state index is 0.148. The molecule has 4 nitrogen and oxygen atoms in total. The molecule has 4 heteroatoms. The molecule has 2 aromatic rings. The van der Waals surface area contributed by atoms with E-state index in [0.29, 0.717) is 19.6 Å². The van der Waals surface area contributed by atoms with E-state index < -0.39 is 5.41 Å². The second-order valence-electron chi connectivity index (χ2n) is 6.74. The number of aromatic nitrogens is 1. The molecule has 2 atom stereocenters. The summed E-state index contributed by atoms with van der Waals surface area (Å²) in [6.07, 6.45) is 4.72. The monoisotopic (exact) mass is 339 g/mol. The number of allylic oxidation sites excluding steroid dienone is 1. The first-order valence-electron chi connectivity index (χ1n) is 8.59. The number of hydrogen-bond acceptors (Lipinski definition) is 3. The van der Waals surface area contributed by atoms with Gasteiger partial charge >= 0.3 is 5.97 Å². The van der Waals surface area contributed by atoms with Crippen LogP contribution in [0.3, 0.4) is 0 Å². The Labute approximate surface area is 149 Å². The third-order valence-corrected chi connectivity index (χ3v) is 4.93. The van der Waals surface area contributed by atoms with Gasteiger partial charge in [0.1, 0.15) is 5.41 Å². The summed E-state index contributed by atoms with van der Waals surface area (Å²) in [6, 6.07) is 14.3. The van der Waals surface area contributed by atoms with Crippen LogP contribution in [0.5, 0.6) is 0 Å². The maximum atomic E-state index is 12.5. The standard InChI is InChI=1S/C21H25NO3/c1-16-9-10-17(2)22(16)19-11-12-21(13-19,20(23)24-3)15-25-14-18-7-5-4-6-8-18/h4-12,19H,13-15H2,1-3H3. The van der Waals surface area contributed by atoms with Crippen LogP contribution in [0.15, 0.2) is 54.6 Å². The molecule has 0 aliphatic heterocycles. The van der Waals surface area contributed by atoms with Crippen LogP contribution in [0.1, 0.15) is 29.4 Å². The Hall–Kier alpha value is -2.33. The first-order valence-corrected chi connectivity index (χ1v) is 8.59. The molecule has 0 saturated carbocycles. The lowest BCUT2D eigenvalue weighted by Gasteiger charge is -2.27. The molecule has 25 heavy (non-hydrogen) atoms. The number of esters is 1. The molecule has 0 spiro atoms. The average molecular weight is 339 g/mol. The van der Waals surface area contributed by atoms with Crippen LogP contribution in [0.2, 0.25) is 0 Å². The van der Waals surface area contributed by atoms with Gasteiger partial charge in [0.25, 0.3) is 0 Å². The van der Waals surface area contributed by atoms with Crippen LogP contribution in [0.25, 0.3) is 0 Å². The first-order chi connectivity index (χ1) is 12.1. The Balaban J connectivity index is 1.73. The van der Waals surface area contributed by atoms with Crippen molar-refractivity contribution in [3.05, 3.63) is 71.6 Å². The summed E-state index contributed by atoms with van der Waals surface area (Å²) >= 11 is 0. The third kappa shape index (κ3) is 3.54. The highest BCUT2D eigenvalue weighted by Gasteiger charge is 2.43. The molecule has 3 rings (SSSR count). The van der Waals surface area contributed by atoms with Crippen LogP contribution in [0, 0.1) is 19.3 Å². The van der Waals surface area contributed by atoms with Crippen LogP contribution >= 0.6 is 0 Å². The van der Waals surface area contributed by atoms with E-state index in [2.05, 4.69) is 36.6 Å². The predicted octanol–water partition coefficient (Wildman–Crippen LogP) is 3.98. The zero-order valence-corrected chi connectivity index (χ0v) is 15.1. The van der Waals surface area contributed by atoms with Crippen molar-refractivity contribution >= 4 is 5.97 Å². The fourth-order valence-corrected chi connectivity index (χ4v) is 3.63. The predicted molar refractivity (Wildman–Crippen MR) is 97.2 cm³/mol. The van der Waals surface area contributed by atoms with Gasteiger partial charge in [-0.2, -0.15) is 0 Å². The third-order valence-electron chi connectivity index (χ3n) is 4.93. The quantitative estimate of drug-likeness (QED) is 0.590. The number of carbonyl (C=O) groups is 1. The Morgan fingerprint density at radius 3 is 2.48 bits per heavy atom. The lowest BCUT2D eigenvalue weighted by Crippen LogP contribution is -2.34. The summed E-state index contributed by atoms with van der Waals surface area (Å²) in [5.74, 6) is -0.234. The minimum atomic E-state index is -0.725. The zero-order chi connectivity index (χ0) is 17.9. The molecular weight excluding hydrogens is 314 g/mol. The van der Waals surface area contributed by atoms with E-state index in [0.717, 1.165) is 5.56 Å². The lowest BCUT2D eigenvalue weighted by molar-refractivity contribution is -0.153. The maximum absolute atomic E-state index is 12.5. The van der Waals surface area contributed by atoms with Crippen LogP contribution in [-0.2, 0) is 20.9 Å². The van der Waals surface area contributed by atoms with E-state index in [1.54, 1.807) is 0 Å². The second-order valence-corrected chi connectivity index (χ2v) is 6.74. The molecule has 2 unspecified atom stereocenters. The number of nitrogens with zero attached hydrogens (tertiary/aromatic N) is 1. The summed E-state index contributed by atoms with van der Waals surface area (Å²) < 4.78 is 13.2. The zero-order valence-electron chi connectivity index (χ0n) is 15.1. The molecule has 132 valence electrons. The number of hydrogen-bond donors (Lipinski definition) is 0. The van der Waals surface area contributed by atoms with Crippen molar-refractivity contribution in [1.29, 1.82) is 0 Å². The number of rotatable bonds is 6. The van der Waals surface area contributed by atoms with Gasteiger partial charge in [-0.15, -0.1) is 0 Å². The van der Waals surface area contributed by atoms with Crippen molar-refractivity contribution in [3.63, 3.8) is 0 Å². The molecule has 0 fully saturated rings. The number of ether oxygens (including phenoxy) is 2. The molecule has 1 aliphatic rings. The van der Waals surface area contributed by atoms with Gasteiger partial charge in [0.2, 0.25) is 0 Å². The van der Waals surface area contributed by atoms with Gasteiger partial charge in [0.05, 0.1) is 26.4 Å². The van der Waals surface area contributed by atoms with Crippen molar-refractivity contribution < 1.29 is 14.3 Å². The van der Waals surface area contributed by atoms with Gasteiger partial charge in [-0.25, -0.2) is 0 Å². The Bertz CT molecular complexity index is 743. The number of aryl methyl sites for hydroxylation is 2. The molecule has 1 aromatic heterocycles. The van der Waals surface area contributed by atoms with Gasteiger partial charge in [-0.05, 0) is 38.0 Å². The summed E-state index contributed by atoms with van der Waals surface area (Å²) in [5, 5.41) is 0. The molecule has 1 aliphatic carbocycles. The molecular formula is C21H25NO3. The van der Waals surface area contributed by atoms with Gasteiger partial charge in [-0.1, -0.05) is 42.5 Å². The SMILES string of the molecule is COC(=O)C1(COCc2ccccc2)C=CC(n2c(C)ccc2C)C1. The Morgan fingerprint density at radius 1 is 1.16 bits per heavy atom. The highest BCUT2D eigenvalue weighted by atomic mass is 16.5. The molecule has 0 saturated heterocycles. The van der Waals surface area contributed by atoms with Gasteiger partial charge in [0.15, 0.2) is 0 Å². The van der Waals surface area contributed by atoms with Crippen molar-refractivity contribution in [3.8, 4) is 0 Å². The van der Waals surface area contributed by atoms with Crippen LogP contribution in [0.4, 0.5) is 0 Å². The summed E-state index contributed by atoms with van der Waals surface area (Å²) in [6.45, 7) is 4.98. The smallest absolute Gasteiger partial charge is 0.318 e. The molecule has 0 amide bonds. The largest absolute Gasteiger partial charge is 0.468 e. The maximum Gasteiger partial charge on any atom is 0.318 e. The summed E-state index contributed by atoms with van der Waals surface area (Å²) in [7, 11) is 1.44. The number of benzene rings is 1. The van der Waals surface area contributed by atoms with Gasteiger partial charge < -0.3 is 14.0 Å². The highest BCUT2D eigenvalue weighted by Crippen LogP contribution is 2.41. The van der Waals surface area contributed by atoms with E-state index >= 15 is 0 Å². The topological polar surface area (TPSA) is 40.5 Å². The number of methoxy groups -OCH3 is 1. The van der Waals surface area contributed by atoms with Crippen molar-refractivity contribution in [2.45, 2.75) is 32.9 Å². The van der Waals surface area contributed by atoms with E-state index in [1.165, 1.54) is 18.5 Å². The normalized spacial score (nSPS) is 22.3. The fraction of sp³-hybridized carbons (Fsp3) is 0.381. The molecule has 0 bridgehead atoms. The Kier molecular flexibility index (Phi) is 5.09. The van der Waals surface area contributed by atoms with Crippen molar-refractivity contribution in [1.82, 2.24) is 4.57 Å². The van der Waals surface area contributed by atoms with Gasteiger partial charge in [-0.3, -0.25) is 4.79 Å². The summed E-state index contributed by atoms with van der Waals surface area (Å²) in [5.41, 5.74) is 2.76. The minimum Gasteiger partial charge on any atom is -0.468 e. The molecule has 1 aromatic carbocycles. The Morgan fingerprint density at radius 2 is 1.84 bits per heavy atom. The fourth-order valence-electron chi connectivity index (χ4n) is 3.63. The van der Waals surface area contributed by atoms with E-state index in [-0.39, 0.29) is 12.0 Å². The second kappa shape index (κ2) is 7.28. The van der Waals surface area contributed by atoms with Crippen molar-refractivity contribution in [2.75, 3.05) is 13.7 Å². The van der Waals surface area contributed by atoms with E-state index in [1.807, 2.05) is 36.4 Å². The average Bonchev–Trinajstić information content (AvgIpc) is 3.19. The van der Waals surface area contributed by atoms with Gasteiger partial charge in [0, 0.05) is 11.4 Å². The lowest BCUT2D eigenvalue weighted by atomic mass is 9.87. The van der Waals surface area contributed by atoms with E-state index in [9.17, 15) is 4.79 Å². The van der Waals surface area contributed by atoms with Crippen LogP contribution in [-0.4, -0.2) is 24.3 Å². The summed E-state index contributed by atoms with van der Waals surface area (Å²) in [4.78, 5) is 12.5. The first kappa shape index (κ1) is 17.5.